The Hall–Kier alpha value is -1.43. The van der Waals surface area contributed by atoms with E-state index < -0.39 is 23.7 Å². The van der Waals surface area contributed by atoms with Gasteiger partial charge < -0.3 is 10.4 Å². The highest BCUT2D eigenvalue weighted by Gasteiger charge is 2.24. The minimum atomic E-state index is -1.00. The van der Waals surface area contributed by atoms with E-state index in [1.54, 1.807) is 0 Å². The first-order valence-electron chi connectivity index (χ1n) is 6.56. The van der Waals surface area contributed by atoms with Gasteiger partial charge in [-0.25, -0.2) is 4.39 Å². The number of carbonyl (C=O) groups excluding carboxylic acids is 1. The second-order valence-corrected chi connectivity index (χ2v) is 7.07. The Bertz CT molecular complexity index is 540. The molecule has 1 atom stereocenters. The summed E-state index contributed by atoms with van der Waals surface area (Å²) in [4.78, 5) is 23.0. The molecule has 116 valence electrons. The van der Waals surface area contributed by atoms with Crippen LogP contribution in [0.25, 0.3) is 0 Å². The Morgan fingerprint density at radius 1 is 1.38 bits per heavy atom. The van der Waals surface area contributed by atoms with Crippen molar-refractivity contribution in [3.8, 4) is 0 Å². The summed E-state index contributed by atoms with van der Waals surface area (Å²) in [6.45, 7) is 5.86. The van der Waals surface area contributed by atoms with Crippen molar-refractivity contribution in [2.45, 2.75) is 39.7 Å². The third-order valence-corrected chi connectivity index (χ3v) is 3.28. The van der Waals surface area contributed by atoms with Gasteiger partial charge in [0.25, 0.3) is 5.91 Å². The number of rotatable bonds is 5. The van der Waals surface area contributed by atoms with Crippen LogP contribution in [0, 0.1) is 11.2 Å². The maximum Gasteiger partial charge on any atom is 0.305 e. The van der Waals surface area contributed by atoms with E-state index in [2.05, 4.69) is 21.2 Å². The van der Waals surface area contributed by atoms with Crippen molar-refractivity contribution in [2.75, 3.05) is 0 Å². The first-order chi connectivity index (χ1) is 9.58. The number of carboxylic acid groups (broad SMARTS) is 1. The van der Waals surface area contributed by atoms with E-state index in [1.165, 1.54) is 18.2 Å². The topological polar surface area (TPSA) is 66.4 Å². The van der Waals surface area contributed by atoms with Crippen molar-refractivity contribution in [3.63, 3.8) is 0 Å². The zero-order valence-corrected chi connectivity index (χ0v) is 13.8. The third-order valence-electron chi connectivity index (χ3n) is 2.79. The molecule has 0 aliphatic rings. The van der Waals surface area contributed by atoms with Crippen LogP contribution >= 0.6 is 15.9 Å². The van der Waals surface area contributed by atoms with E-state index in [1.807, 2.05) is 20.8 Å². The summed E-state index contributed by atoms with van der Waals surface area (Å²) in [5.74, 6) is -2.25. The van der Waals surface area contributed by atoms with Gasteiger partial charge in [-0.15, -0.1) is 0 Å². The zero-order chi connectivity index (χ0) is 16.2. The lowest BCUT2D eigenvalue weighted by molar-refractivity contribution is -0.137. The average molecular weight is 360 g/mol. The number of hydrogen-bond acceptors (Lipinski definition) is 2. The second-order valence-electron chi connectivity index (χ2n) is 6.16. The van der Waals surface area contributed by atoms with Crippen LogP contribution in [0.1, 0.15) is 44.0 Å². The van der Waals surface area contributed by atoms with Gasteiger partial charge in [-0.3, -0.25) is 9.59 Å². The smallest absolute Gasteiger partial charge is 0.305 e. The summed E-state index contributed by atoms with van der Waals surface area (Å²) in [5.41, 5.74) is -0.253. The first kappa shape index (κ1) is 17.6. The lowest BCUT2D eigenvalue weighted by atomic mass is 9.87. The normalized spacial score (nSPS) is 12.8. The molecule has 0 aliphatic carbocycles. The summed E-state index contributed by atoms with van der Waals surface area (Å²) < 4.78 is 14.3. The van der Waals surface area contributed by atoms with E-state index in [4.69, 9.17) is 5.11 Å². The van der Waals surface area contributed by atoms with Gasteiger partial charge in [0.1, 0.15) is 5.82 Å². The monoisotopic (exact) mass is 359 g/mol. The van der Waals surface area contributed by atoms with Gasteiger partial charge in [0.15, 0.2) is 0 Å². The fraction of sp³-hybridized carbons (Fsp3) is 0.467. The van der Waals surface area contributed by atoms with Crippen LogP contribution in [0.4, 0.5) is 4.39 Å². The van der Waals surface area contributed by atoms with E-state index in [-0.39, 0.29) is 17.4 Å². The van der Waals surface area contributed by atoms with Gasteiger partial charge in [-0.05, 0) is 30.0 Å². The van der Waals surface area contributed by atoms with Crippen LogP contribution in [0.3, 0.4) is 0 Å². The molecule has 0 aliphatic heterocycles. The molecule has 1 aromatic rings. The molecule has 2 N–H and O–H groups in total. The van der Waals surface area contributed by atoms with Gasteiger partial charge in [-0.2, -0.15) is 0 Å². The number of carboxylic acids is 1. The first-order valence-corrected chi connectivity index (χ1v) is 7.35. The van der Waals surface area contributed by atoms with E-state index >= 15 is 0 Å². The van der Waals surface area contributed by atoms with Crippen LogP contribution in [-0.4, -0.2) is 23.0 Å². The van der Waals surface area contributed by atoms with Crippen molar-refractivity contribution in [2.24, 2.45) is 5.41 Å². The van der Waals surface area contributed by atoms with Crippen LogP contribution in [0.5, 0.6) is 0 Å². The maximum absolute atomic E-state index is 13.7. The molecule has 1 rings (SSSR count). The molecule has 0 fully saturated rings. The Balaban J connectivity index is 2.89. The molecule has 0 heterocycles. The molecular formula is C15H19BrFNO3. The Morgan fingerprint density at radius 3 is 2.52 bits per heavy atom. The van der Waals surface area contributed by atoms with Crippen LogP contribution in [0.2, 0.25) is 0 Å². The summed E-state index contributed by atoms with van der Waals surface area (Å²) in [5, 5.41) is 11.5. The molecule has 6 heteroatoms. The summed E-state index contributed by atoms with van der Waals surface area (Å²) in [6, 6.07) is 3.51. The van der Waals surface area contributed by atoms with Crippen molar-refractivity contribution in [1.82, 2.24) is 5.32 Å². The molecule has 0 radical (unpaired) electrons. The fourth-order valence-electron chi connectivity index (χ4n) is 2.06. The summed E-state index contributed by atoms with van der Waals surface area (Å²) >= 11 is 3.18. The standard InChI is InChI=1S/C15H19BrFNO3/c1-15(2,3)8-10(7-13(19)20)18-14(21)11-6-9(16)4-5-12(11)17/h4-6,10H,7-8H2,1-3H3,(H,18,21)(H,19,20). The molecule has 0 saturated carbocycles. The van der Waals surface area contributed by atoms with Gasteiger partial charge >= 0.3 is 5.97 Å². The van der Waals surface area contributed by atoms with Crippen molar-refractivity contribution in [1.29, 1.82) is 0 Å². The maximum atomic E-state index is 13.7. The predicted octanol–water partition coefficient (Wildman–Crippen LogP) is 3.60. The molecule has 1 aromatic carbocycles. The Labute approximate surface area is 131 Å². The van der Waals surface area contributed by atoms with Crippen LogP contribution in [0.15, 0.2) is 22.7 Å². The number of halogens is 2. The Kier molecular flexibility index (Phi) is 5.89. The number of amides is 1. The molecule has 0 spiro atoms. The lowest BCUT2D eigenvalue weighted by Crippen LogP contribution is -2.39. The van der Waals surface area contributed by atoms with Crippen LogP contribution in [-0.2, 0) is 4.79 Å². The predicted molar refractivity (Wildman–Crippen MR) is 81.7 cm³/mol. The average Bonchev–Trinajstić information content (AvgIpc) is 2.28. The largest absolute Gasteiger partial charge is 0.481 e. The number of aliphatic carboxylic acids is 1. The minimum Gasteiger partial charge on any atom is -0.481 e. The zero-order valence-electron chi connectivity index (χ0n) is 12.2. The van der Waals surface area contributed by atoms with Gasteiger partial charge in [0, 0.05) is 10.5 Å². The molecule has 0 saturated heterocycles. The molecule has 1 amide bonds. The molecular weight excluding hydrogens is 341 g/mol. The number of hydrogen-bond donors (Lipinski definition) is 2. The van der Waals surface area contributed by atoms with Gasteiger partial charge in [0.05, 0.1) is 12.0 Å². The van der Waals surface area contributed by atoms with Gasteiger partial charge in [0.2, 0.25) is 0 Å². The van der Waals surface area contributed by atoms with Crippen LogP contribution < -0.4 is 5.32 Å². The second kappa shape index (κ2) is 7.02. The van der Waals surface area contributed by atoms with E-state index in [9.17, 15) is 14.0 Å². The molecule has 0 aromatic heterocycles. The van der Waals surface area contributed by atoms with Crippen molar-refractivity contribution >= 4 is 27.8 Å². The number of benzene rings is 1. The highest BCUT2D eigenvalue weighted by atomic mass is 79.9. The fourth-order valence-corrected chi connectivity index (χ4v) is 2.42. The molecule has 1 unspecified atom stereocenters. The quantitative estimate of drug-likeness (QED) is 0.843. The number of carbonyl (C=O) groups is 2. The van der Waals surface area contributed by atoms with Crippen molar-refractivity contribution < 1.29 is 19.1 Å². The van der Waals surface area contributed by atoms with E-state index in [0.29, 0.717) is 10.9 Å². The highest BCUT2D eigenvalue weighted by molar-refractivity contribution is 9.10. The minimum absolute atomic E-state index is 0.103. The summed E-state index contributed by atoms with van der Waals surface area (Å²) in [6.07, 6.45) is 0.291. The molecule has 4 nitrogen and oxygen atoms in total. The lowest BCUT2D eigenvalue weighted by Gasteiger charge is -2.26. The van der Waals surface area contributed by atoms with E-state index in [0.717, 1.165) is 0 Å². The third kappa shape index (κ3) is 6.25. The summed E-state index contributed by atoms with van der Waals surface area (Å²) in [7, 11) is 0. The molecule has 0 bridgehead atoms. The van der Waals surface area contributed by atoms with Crippen molar-refractivity contribution in [3.05, 3.63) is 34.1 Å². The Morgan fingerprint density at radius 2 is 2.00 bits per heavy atom. The molecule has 21 heavy (non-hydrogen) atoms. The number of nitrogens with one attached hydrogen (secondary N) is 1. The highest BCUT2D eigenvalue weighted by Crippen LogP contribution is 2.23. The van der Waals surface area contributed by atoms with Gasteiger partial charge in [-0.1, -0.05) is 36.7 Å². The SMILES string of the molecule is CC(C)(C)CC(CC(=O)O)NC(=O)c1cc(Br)ccc1F.